The molecule has 2 rings (SSSR count). The van der Waals surface area contributed by atoms with Gasteiger partial charge in [-0.25, -0.2) is 0 Å². The second-order valence-corrected chi connectivity index (χ2v) is 5.38. The molecule has 0 bridgehead atoms. The first-order valence-electron chi connectivity index (χ1n) is 6.21. The highest BCUT2D eigenvalue weighted by Gasteiger charge is 2.28. The minimum absolute atomic E-state index is 0.245. The minimum atomic E-state index is -0.252. The lowest BCUT2D eigenvalue weighted by molar-refractivity contribution is 0.0963. The van der Waals surface area contributed by atoms with Crippen LogP contribution in [0.2, 0.25) is 0 Å². The van der Waals surface area contributed by atoms with Gasteiger partial charge in [-0.1, -0.05) is 0 Å². The first kappa shape index (κ1) is 13.7. The Morgan fingerprint density at radius 2 is 1.74 bits per heavy atom. The van der Waals surface area contributed by atoms with E-state index >= 15 is 0 Å². The molecule has 0 atom stereocenters. The van der Waals surface area contributed by atoms with E-state index in [1.54, 1.807) is 14.1 Å². The van der Waals surface area contributed by atoms with Gasteiger partial charge in [-0.15, -0.1) is 11.3 Å². The van der Waals surface area contributed by atoms with Gasteiger partial charge in [-0.3, -0.25) is 9.59 Å². The number of nitrogens with zero attached hydrogens (tertiary/aromatic N) is 1. The molecule has 4 N–H and O–H groups in total. The molecule has 0 aromatic carbocycles. The Kier molecular flexibility index (Phi) is 3.94. The molecule has 2 heterocycles. The quantitative estimate of drug-likeness (QED) is 0.759. The molecule has 104 valence electrons. The summed E-state index contributed by atoms with van der Waals surface area (Å²) >= 11 is 1.29. The normalized spacial score (nSPS) is 14.5. The molecule has 1 saturated heterocycles. The molecule has 1 aliphatic heterocycles. The third-order valence-corrected chi connectivity index (χ3v) is 4.47. The number of nitrogens with two attached hydrogens (primary N) is 1. The maximum absolute atomic E-state index is 12.0. The van der Waals surface area contributed by atoms with Crippen molar-refractivity contribution in [3.8, 4) is 0 Å². The summed E-state index contributed by atoms with van der Waals surface area (Å²) in [5, 5.41) is 5.94. The van der Waals surface area contributed by atoms with Crippen LogP contribution in [0, 0.1) is 0 Å². The molecule has 0 aliphatic carbocycles. The Hall–Kier alpha value is -1.76. The highest BCUT2D eigenvalue weighted by Crippen LogP contribution is 2.39. The van der Waals surface area contributed by atoms with Gasteiger partial charge < -0.3 is 21.3 Å². The Bertz CT molecular complexity index is 506. The minimum Gasteiger partial charge on any atom is -0.397 e. The number of nitrogens with one attached hydrogen (secondary N) is 2. The van der Waals surface area contributed by atoms with Crippen LogP contribution < -0.4 is 21.3 Å². The van der Waals surface area contributed by atoms with Gasteiger partial charge in [0.15, 0.2) is 0 Å². The predicted molar refractivity (Wildman–Crippen MR) is 77.0 cm³/mol. The van der Waals surface area contributed by atoms with E-state index in [4.69, 9.17) is 5.73 Å². The van der Waals surface area contributed by atoms with E-state index in [0.717, 1.165) is 30.9 Å². The maximum Gasteiger partial charge on any atom is 0.263 e. The monoisotopic (exact) mass is 282 g/mol. The number of carbonyl (C=O) groups is 2. The fourth-order valence-corrected chi connectivity index (χ4v) is 3.42. The molecule has 6 nitrogen and oxygen atoms in total. The van der Waals surface area contributed by atoms with Crippen molar-refractivity contribution in [3.05, 3.63) is 10.4 Å². The van der Waals surface area contributed by atoms with Crippen LogP contribution in [0.25, 0.3) is 0 Å². The SMILES string of the molecule is CNC(=O)c1sc(N2CCCC2)c(C(=O)NC)c1N. The lowest BCUT2D eigenvalue weighted by Gasteiger charge is -2.16. The number of nitrogen functional groups attached to an aromatic ring is 1. The number of hydrogen-bond acceptors (Lipinski definition) is 5. The summed E-state index contributed by atoms with van der Waals surface area (Å²) in [4.78, 5) is 26.3. The van der Waals surface area contributed by atoms with Crippen molar-refractivity contribution in [2.75, 3.05) is 37.8 Å². The lowest BCUT2D eigenvalue weighted by Crippen LogP contribution is -2.24. The van der Waals surface area contributed by atoms with E-state index in [9.17, 15) is 9.59 Å². The summed E-state index contributed by atoms with van der Waals surface area (Å²) in [5.74, 6) is -0.496. The third kappa shape index (κ3) is 2.37. The van der Waals surface area contributed by atoms with Gasteiger partial charge in [0.1, 0.15) is 9.88 Å². The van der Waals surface area contributed by atoms with Crippen LogP contribution in [0.3, 0.4) is 0 Å². The number of hydrogen-bond donors (Lipinski definition) is 3. The first-order chi connectivity index (χ1) is 9.10. The number of carbonyl (C=O) groups excluding carboxylic acids is 2. The zero-order chi connectivity index (χ0) is 14.0. The number of thiophene rings is 1. The molecule has 0 spiro atoms. The number of anilines is 2. The summed E-state index contributed by atoms with van der Waals surface area (Å²) < 4.78 is 0. The summed E-state index contributed by atoms with van der Waals surface area (Å²) in [6.07, 6.45) is 2.20. The molecule has 1 aromatic rings. The van der Waals surface area contributed by atoms with Crippen molar-refractivity contribution >= 4 is 33.8 Å². The highest BCUT2D eigenvalue weighted by molar-refractivity contribution is 7.19. The van der Waals surface area contributed by atoms with Crippen LogP contribution in [0.4, 0.5) is 10.7 Å². The van der Waals surface area contributed by atoms with E-state index in [0.29, 0.717) is 10.4 Å². The van der Waals surface area contributed by atoms with Crippen molar-refractivity contribution < 1.29 is 9.59 Å². The second-order valence-electron chi connectivity index (χ2n) is 4.38. The zero-order valence-corrected chi connectivity index (χ0v) is 11.9. The van der Waals surface area contributed by atoms with E-state index < -0.39 is 0 Å². The van der Waals surface area contributed by atoms with Gasteiger partial charge in [0.05, 0.1) is 11.3 Å². The van der Waals surface area contributed by atoms with E-state index in [1.165, 1.54) is 11.3 Å². The van der Waals surface area contributed by atoms with Gasteiger partial charge in [-0.05, 0) is 12.8 Å². The van der Waals surface area contributed by atoms with Crippen LogP contribution >= 0.6 is 11.3 Å². The van der Waals surface area contributed by atoms with Gasteiger partial charge in [0.2, 0.25) is 0 Å². The summed E-state index contributed by atoms with van der Waals surface area (Å²) in [5.41, 5.74) is 6.68. The topological polar surface area (TPSA) is 87.5 Å². The van der Waals surface area contributed by atoms with Crippen LogP contribution in [0.15, 0.2) is 0 Å². The first-order valence-corrected chi connectivity index (χ1v) is 7.03. The number of amides is 2. The Morgan fingerprint density at radius 1 is 1.16 bits per heavy atom. The fourth-order valence-electron chi connectivity index (χ4n) is 2.20. The molecule has 0 unspecified atom stereocenters. The molecule has 1 aliphatic rings. The van der Waals surface area contributed by atoms with Crippen LogP contribution in [0.1, 0.15) is 32.9 Å². The van der Waals surface area contributed by atoms with Crippen molar-refractivity contribution in [2.45, 2.75) is 12.8 Å². The molecule has 0 radical (unpaired) electrons. The van der Waals surface area contributed by atoms with Gasteiger partial charge in [0, 0.05) is 27.2 Å². The maximum atomic E-state index is 12.0. The van der Waals surface area contributed by atoms with E-state index in [-0.39, 0.29) is 17.5 Å². The smallest absolute Gasteiger partial charge is 0.263 e. The van der Waals surface area contributed by atoms with E-state index in [2.05, 4.69) is 15.5 Å². The highest BCUT2D eigenvalue weighted by atomic mass is 32.1. The lowest BCUT2D eigenvalue weighted by atomic mass is 10.2. The van der Waals surface area contributed by atoms with Crippen molar-refractivity contribution in [2.24, 2.45) is 0 Å². The largest absolute Gasteiger partial charge is 0.397 e. The fraction of sp³-hybridized carbons (Fsp3) is 0.500. The predicted octanol–water partition coefficient (Wildman–Crippen LogP) is 0.650. The summed E-state index contributed by atoms with van der Waals surface area (Å²) in [6.45, 7) is 1.80. The zero-order valence-electron chi connectivity index (χ0n) is 11.1. The molecular weight excluding hydrogens is 264 g/mol. The van der Waals surface area contributed by atoms with E-state index in [1.807, 2.05) is 0 Å². The average Bonchev–Trinajstić information content (AvgIpc) is 3.04. The Labute approximate surface area is 116 Å². The van der Waals surface area contributed by atoms with Crippen LogP contribution in [0.5, 0.6) is 0 Å². The standard InChI is InChI=1S/C12H18N4O2S/c1-14-10(17)7-8(13)9(11(18)15-2)19-12(7)16-5-3-4-6-16/h3-6,13H2,1-2H3,(H,14,17)(H,15,18). The molecule has 7 heteroatoms. The molecule has 1 aromatic heterocycles. The molecule has 0 saturated carbocycles. The van der Waals surface area contributed by atoms with Crippen molar-refractivity contribution in [3.63, 3.8) is 0 Å². The molecule has 2 amide bonds. The third-order valence-electron chi connectivity index (χ3n) is 3.21. The van der Waals surface area contributed by atoms with Gasteiger partial charge >= 0.3 is 0 Å². The molecular formula is C12H18N4O2S. The average molecular weight is 282 g/mol. The summed E-state index contributed by atoms with van der Waals surface area (Å²) in [6, 6.07) is 0. The van der Waals surface area contributed by atoms with Crippen molar-refractivity contribution in [1.29, 1.82) is 0 Å². The second kappa shape index (κ2) is 5.48. The summed E-state index contributed by atoms with van der Waals surface area (Å²) in [7, 11) is 3.11. The number of rotatable bonds is 3. The Morgan fingerprint density at radius 3 is 2.26 bits per heavy atom. The van der Waals surface area contributed by atoms with Gasteiger partial charge in [-0.2, -0.15) is 0 Å². The van der Waals surface area contributed by atoms with Crippen LogP contribution in [-0.4, -0.2) is 39.0 Å². The molecule has 19 heavy (non-hydrogen) atoms. The van der Waals surface area contributed by atoms with Crippen molar-refractivity contribution in [1.82, 2.24) is 10.6 Å². The van der Waals surface area contributed by atoms with Gasteiger partial charge in [0.25, 0.3) is 11.8 Å². The molecule has 1 fully saturated rings. The Balaban J connectivity index is 2.50. The van der Waals surface area contributed by atoms with Crippen LogP contribution in [-0.2, 0) is 0 Å².